The van der Waals surface area contributed by atoms with Gasteiger partial charge in [0.1, 0.15) is 0 Å². The van der Waals surface area contributed by atoms with Crippen molar-refractivity contribution in [2.45, 2.75) is 28.4 Å². The molecule has 7 nitrogen and oxygen atoms in total. The van der Waals surface area contributed by atoms with E-state index < -0.39 is 32.7 Å². The van der Waals surface area contributed by atoms with Crippen molar-refractivity contribution >= 4 is 15.0 Å². The maximum absolute atomic E-state index is 11.7. The molecule has 1 aromatic rings. The van der Waals surface area contributed by atoms with Crippen molar-refractivity contribution in [2.24, 2.45) is 0 Å². The minimum atomic E-state index is -1.50. The zero-order chi connectivity index (χ0) is 13.5. The van der Waals surface area contributed by atoms with Gasteiger partial charge >= 0.3 is 108 Å². The molecule has 0 radical (unpaired) electrons. The zero-order valence-corrected chi connectivity index (χ0v) is 11.3. The summed E-state index contributed by atoms with van der Waals surface area (Å²) in [6, 6.07) is 1.19. The van der Waals surface area contributed by atoms with Crippen LogP contribution in [0.1, 0.15) is 11.9 Å². The van der Waals surface area contributed by atoms with Crippen LogP contribution in [0.4, 0.5) is 0 Å². The molecule has 0 bridgehead atoms. The second-order valence-electron chi connectivity index (χ2n) is 4.40. The first-order valence-corrected chi connectivity index (χ1v) is 7.34. The van der Waals surface area contributed by atoms with E-state index in [1.807, 2.05) is 0 Å². The number of hydrogen-bond donors (Lipinski definition) is 4. The Labute approximate surface area is 108 Å². The molecule has 0 spiro atoms. The molecule has 1 saturated heterocycles. The fourth-order valence-electron chi connectivity index (χ4n) is 2.00. The molecule has 1 aromatic heterocycles. The fraction of sp³-hybridized carbons (Fsp3) is 0.600. The number of H-pyrrole nitrogens is 1. The molecule has 0 aromatic carbocycles. The van der Waals surface area contributed by atoms with E-state index in [1.54, 1.807) is 0 Å². The first kappa shape index (κ1) is 13.5. The van der Waals surface area contributed by atoms with Crippen molar-refractivity contribution in [2.75, 3.05) is 6.61 Å². The predicted molar refractivity (Wildman–Crippen MR) is 63.6 cm³/mol. The average molecular weight is 321 g/mol. The van der Waals surface area contributed by atoms with E-state index in [0.29, 0.717) is 0 Å². The predicted octanol–water partition coefficient (Wildman–Crippen LogP) is -2.35. The Morgan fingerprint density at radius 1 is 1.56 bits per heavy atom. The van der Waals surface area contributed by atoms with Gasteiger partial charge in [-0.3, -0.25) is 0 Å². The van der Waals surface area contributed by atoms with Gasteiger partial charge in [-0.1, -0.05) is 0 Å². The third-order valence-electron chi connectivity index (χ3n) is 3.04. The van der Waals surface area contributed by atoms with Gasteiger partial charge in [0.05, 0.1) is 0 Å². The first-order valence-electron chi connectivity index (χ1n) is 5.36. The molecule has 0 aliphatic carbocycles. The molecule has 0 amide bonds. The Balaban J connectivity index is 2.45. The second kappa shape index (κ2) is 4.64. The summed E-state index contributed by atoms with van der Waals surface area (Å²) in [6.07, 6.45) is 0.209. The standard InChI is InChI=1S/C10H14N2O5Se/c1-10(17)7(15)5(4-13)18-8(10)12-3-2-6(14)11-9(12)16/h2-3,5,7-8,13,15,17H,4H2,1H3,(H,11,14,16)/t5-,7-,8-,10-/m1/s1. The number of aliphatic hydroxyl groups is 3. The minimum absolute atomic E-state index is 0.244. The van der Waals surface area contributed by atoms with Crippen molar-refractivity contribution < 1.29 is 15.3 Å². The number of hydrogen-bond acceptors (Lipinski definition) is 5. The fourth-order valence-corrected chi connectivity index (χ4v) is 5.26. The van der Waals surface area contributed by atoms with Gasteiger partial charge in [-0.05, 0) is 0 Å². The Hall–Kier alpha value is -0.921. The number of aromatic nitrogens is 2. The summed E-state index contributed by atoms with van der Waals surface area (Å²) in [7, 11) is 0. The SMILES string of the molecule is C[C@@]1(O)[C@H](O)[C@@H](CO)[Se][C@H]1n1ccc(=O)[nH]c1=O. The normalized spacial score (nSPS) is 35.9. The average Bonchev–Trinajstić information content (AvgIpc) is 2.52. The van der Waals surface area contributed by atoms with Crippen LogP contribution in [0.25, 0.3) is 0 Å². The molecule has 18 heavy (non-hydrogen) atoms. The Morgan fingerprint density at radius 3 is 2.72 bits per heavy atom. The number of aliphatic hydroxyl groups excluding tert-OH is 2. The van der Waals surface area contributed by atoms with Gasteiger partial charge in [0, 0.05) is 0 Å². The molecular weight excluding hydrogens is 307 g/mol. The second-order valence-corrected chi connectivity index (χ2v) is 7.18. The van der Waals surface area contributed by atoms with E-state index >= 15 is 0 Å². The molecule has 0 saturated carbocycles. The maximum atomic E-state index is 11.7. The number of nitrogens with one attached hydrogen (secondary N) is 1. The van der Waals surface area contributed by atoms with E-state index in [9.17, 15) is 19.8 Å². The zero-order valence-electron chi connectivity index (χ0n) is 9.61. The van der Waals surface area contributed by atoms with Gasteiger partial charge < -0.3 is 0 Å². The van der Waals surface area contributed by atoms with Crippen LogP contribution in [0.2, 0.25) is 4.82 Å². The van der Waals surface area contributed by atoms with Crippen LogP contribution in [0.5, 0.6) is 0 Å². The molecule has 0 unspecified atom stereocenters. The van der Waals surface area contributed by atoms with Gasteiger partial charge in [-0.15, -0.1) is 0 Å². The third kappa shape index (κ3) is 2.06. The van der Waals surface area contributed by atoms with Crippen molar-refractivity contribution in [3.63, 3.8) is 0 Å². The van der Waals surface area contributed by atoms with Crippen molar-refractivity contribution in [3.05, 3.63) is 33.1 Å². The van der Waals surface area contributed by atoms with Crippen LogP contribution in [0.3, 0.4) is 0 Å². The van der Waals surface area contributed by atoms with Gasteiger partial charge in [0.2, 0.25) is 0 Å². The molecule has 1 fully saturated rings. The van der Waals surface area contributed by atoms with Crippen molar-refractivity contribution in [1.29, 1.82) is 0 Å². The van der Waals surface area contributed by atoms with Gasteiger partial charge in [0.15, 0.2) is 0 Å². The van der Waals surface area contributed by atoms with Crippen LogP contribution in [-0.2, 0) is 0 Å². The van der Waals surface area contributed by atoms with Crippen molar-refractivity contribution in [3.8, 4) is 0 Å². The molecule has 2 heterocycles. The molecule has 1 aliphatic rings. The summed E-state index contributed by atoms with van der Waals surface area (Å²) in [5.74, 6) is 0. The number of nitrogens with zero attached hydrogens (tertiary/aromatic N) is 1. The van der Waals surface area contributed by atoms with E-state index in [-0.39, 0.29) is 21.6 Å². The molecule has 4 atom stereocenters. The van der Waals surface area contributed by atoms with Crippen LogP contribution >= 0.6 is 0 Å². The summed E-state index contributed by atoms with van der Waals surface area (Å²) in [6.45, 7) is 1.18. The van der Waals surface area contributed by atoms with Gasteiger partial charge in [-0.25, -0.2) is 0 Å². The van der Waals surface area contributed by atoms with Gasteiger partial charge in [-0.2, -0.15) is 0 Å². The molecular formula is C10H14N2O5Se. The summed E-state index contributed by atoms with van der Waals surface area (Å²) >= 11 is -0.361. The van der Waals surface area contributed by atoms with Crippen molar-refractivity contribution in [1.82, 2.24) is 9.55 Å². The molecule has 100 valence electrons. The van der Waals surface area contributed by atoms with E-state index in [1.165, 1.54) is 23.8 Å². The summed E-state index contributed by atoms with van der Waals surface area (Å²) in [5, 5.41) is 29.3. The summed E-state index contributed by atoms with van der Waals surface area (Å²) in [5.41, 5.74) is -2.64. The molecule has 8 heteroatoms. The summed E-state index contributed by atoms with van der Waals surface area (Å²) in [4.78, 5) is 23.7. The number of aromatic amines is 1. The topological polar surface area (TPSA) is 116 Å². The van der Waals surface area contributed by atoms with Crippen LogP contribution in [-0.4, -0.2) is 58.1 Å². The van der Waals surface area contributed by atoms with E-state index in [2.05, 4.69) is 4.98 Å². The van der Waals surface area contributed by atoms with Gasteiger partial charge in [0.25, 0.3) is 0 Å². The van der Waals surface area contributed by atoms with Crippen LogP contribution in [0, 0.1) is 0 Å². The van der Waals surface area contributed by atoms with E-state index in [0.717, 1.165) is 0 Å². The third-order valence-corrected chi connectivity index (χ3v) is 6.64. The first-order chi connectivity index (χ1) is 8.37. The Morgan fingerprint density at radius 2 is 2.22 bits per heavy atom. The molecule has 4 N–H and O–H groups in total. The monoisotopic (exact) mass is 322 g/mol. The Kier molecular flexibility index (Phi) is 3.48. The summed E-state index contributed by atoms with van der Waals surface area (Å²) < 4.78 is 1.21. The quantitative estimate of drug-likeness (QED) is 0.455. The Bertz CT molecular complexity index is 552. The van der Waals surface area contributed by atoms with Crippen LogP contribution < -0.4 is 11.2 Å². The van der Waals surface area contributed by atoms with E-state index in [4.69, 9.17) is 5.11 Å². The molecule has 1 aliphatic heterocycles. The number of rotatable bonds is 2. The molecule has 2 rings (SSSR count). The van der Waals surface area contributed by atoms with Crippen LogP contribution in [0.15, 0.2) is 21.9 Å².